The van der Waals surface area contributed by atoms with Gasteiger partial charge in [-0.05, 0) is 25.7 Å². The topological polar surface area (TPSA) is 101 Å². The molecule has 2 aromatic rings. The molecular formula is C17H22N6O2. The molecule has 2 aromatic heterocycles. The van der Waals surface area contributed by atoms with Crippen LogP contribution in [-0.4, -0.2) is 46.6 Å². The summed E-state index contributed by atoms with van der Waals surface area (Å²) in [4.78, 5) is 25.0. The third kappa shape index (κ3) is 2.71. The maximum atomic E-state index is 12.3. The van der Waals surface area contributed by atoms with Crippen LogP contribution in [0.4, 0.5) is 11.8 Å². The second-order valence-corrected chi connectivity index (χ2v) is 6.84. The summed E-state index contributed by atoms with van der Waals surface area (Å²) in [6, 6.07) is 0. The van der Waals surface area contributed by atoms with E-state index in [2.05, 4.69) is 20.0 Å². The summed E-state index contributed by atoms with van der Waals surface area (Å²) in [6.07, 6.45) is 4.90. The molecule has 8 nitrogen and oxygen atoms in total. The van der Waals surface area contributed by atoms with Gasteiger partial charge in [0.25, 0.3) is 5.91 Å². The fraction of sp³-hybridized carbons (Fsp3) is 0.529. The molecule has 0 saturated carbocycles. The van der Waals surface area contributed by atoms with E-state index in [1.165, 1.54) is 10.5 Å². The molecule has 0 spiro atoms. The summed E-state index contributed by atoms with van der Waals surface area (Å²) in [5.41, 5.74) is 9.44. The number of carbonyl (C=O) groups is 1. The highest BCUT2D eigenvalue weighted by molar-refractivity contribution is 5.93. The predicted molar refractivity (Wildman–Crippen MR) is 92.4 cm³/mol. The fourth-order valence-corrected chi connectivity index (χ4v) is 3.62. The number of fused-ring (bicyclic) bond motifs is 2. The lowest BCUT2D eigenvalue weighted by molar-refractivity contribution is 0.0816. The summed E-state index contributed by atoms with van der Waals surface area (Å²) in [5.74, 6) is 1.86. The zero-order chi connectivity index (χ0) is 17.6. The first kappa shape index (κ1) is 15.9. The lowest BCUT2D eigenvalue weighted by Crippen LogP contribution is -2.34. The molecule has 0 radical (unpaired) electrons. The molecular weight excluding hydrogens is 320 g/mol. The van der Waals surface area contributed by atoms with Crippen LogP contribution in [0, 0.1) is 0 Å². The van der Waals surface area contributed by atoms with E-state index in [1.807, 2.05) is 0 Å². The van der Waals surface area contributed by atoms with Crippen LogP contribution in [0.2, 0.25) is 0 Å². The number of aromatic nitrogens is 3. The van der Waals surface area contributed by atoms with Crippen LogP contribution in [0.25, 0.3) is 0 Å². The Morgan fingerprint density at radius 2 is 1.96 bits per heavy atom. The van der Waals surface area contributed by atoms with Gasteiger partial charge in [-0.3, -0.25) is 4.79 Å². The Hall–Kier alpha value is -2.64. The van der Waals surface area contributed by atoms with Crippen molar-refractivity contribution in [2.45, 2.75) is 38.6 Å². The second kappa shape index (κ2) is 6.02. The molecule has 2 aliphatic rings. The summed E-state index contributed by atoms with van der Waals surface area (Å²) >= 11 is 0. The van der Waals surface area contributed by atoms with E-state index in [0.29, 0.717) is 24.6 Å². The summed E-state index contributed by atoms with van der Waals surface area (Å²) in [6.45, 7) is 1.32. The molecule has 0 fully saturated rings. The first-order valence-electron chi connectivity index (χ1n) is 8.64. The fourth-order valence-electron chi connectivity index (χ4n) is 3.62. The molecule has 0 atom stereocenters. The molecule has 1 amide bonds. The normalized spacial score (nSPS) is 16.3. The van der Waals surface area contributed by atoms with Crippen molar-refractivity contribution in [1.29, 1.82) is 0 Å². The van der Waals surface area contributed by atoms with Crippen LogP contribution < -0.4 is 10.6 Å². The average Bonchev–Trinajstić information content (AvgIpc) is 3.03. The van der Waals surface area contributed by atoms with Gasteiger partial charge in [-0.2, -0.15) is 4.98 Å². The molecule has 8 heteroatoms. The van der Waals surface area contributed by atoms with Gasteiger partial charge in [0.2, 0.25) is 5.95 Å². The quantitative estimate of drug-likeness (QED) is 0.874. The highest BCUT2D eigenvalue weighted by atomic mass is 16.5. The standard InChI is InChI=1S/C17H22N6O2/c1-22(2)16(24)14-11-9-23(8-7-13(11)25-21-14)15-10-5-3-4-6-12(10)19-17(18)20-15/h3-9H2,1-2H3,(H2,18,19,20). The van der Waals surface area contributed by atoms with Crippen LogP contribution in [-0.2, 0) is 25.8 Å². The first-order chi connectivity index (χ1) is 12.0. The van der Waals surface area contributed by atoms with Crippen molar-refractivity contribution in [2.75, 3.05) is 31.3 Å². The van der Waals surface area contributed by atoms with Crippen molar-refractivity contribution < 1.29 is 9.32 Å². The Morgan fingerprint density at radius 1 is 1.16 bits per heavy atom. The maximum Gasteiger partial charge on any atom is 0.275 e. The molecule has 1 aliphatic heterocycles. The molecule has 0 aromatic carbocycles. The van der Waals surface area contributed by atoms with Crippen LogP contribution in [0.5, 0.6) is 0 Å². The van der Waals surface area contributed by atoms with Crippen molar-refractivity contribution >= 4 is 17.7 Å². The van der Waals surface area contributed by atoms with Gasteiger partial charge in [-0.25, -0.2) is 4.98 Å². The number of anilines is 2. The number of nitrogen functional groups attached to an aromatic ring is 1. The summed E-state index contributed by atoms with van der Waals surface area (Å²) < 4.78 is 5.40. The predicted octanol–water partition coefficient (Wildman–Crippen LogP) is 1.19. The van der Waals surface area contributed by atoms with E-state index in [1.54, 1.807) is 14.1 Å². The van der Waals surface area contributed by atoms with Crippen LogP contribution >= 0.6 is 0 Å². The van der Waals surface area contributed by atoms with Gasteiger partial charge in [-0.1, -0.05) is 5.16 Å². The Kier molecular flexibility index (Phi) is 3.82. The van der Waals surface area contributed by atoms with Crippen molar-refractivity contribution in [3.63, 3.8) is 0 Å². The Morgan fingerprint density at radius 3 is 2.76 bits per heavy atom. The zero-order valence-electron chi connectivity index (χ0n) is 14.6. The molecule has 2 N–H and O–H groups in total. The van der Waals surface area contributed by atoms with Crippen molar-refractivity contribution in [3.05, 3.63) is 28.3 Å². The molecule has 132 valence electrons. The van der Waals surface area contributed by atoms with E-state index in [4.69, 9.17) is 10.3 Å². The molecule has 4 rings (SSSR count). The second-order valence-electron chi connectivity index (χ2n) is 6.84. The third-order valence-electron chi connectivity index (χ3n) is 4.91. The Labute approximate surface area is 146 Å². The lowest BCUT2D eigenvalue weighted by Gasteiger charge is -2.30. The van der Waals surface area contributed by atoms with Crippen LogP contribution in [0.15, 0.2) is 4.52 Å². The van der Waals surface area contributed by atoms with Crippen LogP contribution in [0.1, 0.15) is 45.9 Å². The number of rotatable bonds is 2. The highest BCUT2D eigenvalue weighted by Crippen LogP contribution is 2.32. The molecule has 0 bridgehead atoms. The Bertz CT molecular complexity index is 829. The third-order valence-corrected chi connectivity index (χ3v) is 4.91. The largest absolute Gasteiger partial charge is 0.368 e. The van der Waals surface area contributed by atoms with Gasteiger partial charge in [0.1, 0.15) is 11.6 Å². The molecule has 0 saturated heterocycles. The Balaban J connectivity index is 1.71. The number of amides is 1. The van der Waals surface area contributed by atoms with Gasteiger partial charge in [0.15, 0.2) is 5.69 Å². The van der Waals surface area contributed by atoms with E-state index in [-0.39, 0.29) is 5.91 Å². The minimum absolute atomic E-state index is 0.143. The summed E-state index contributed by atoms with van der Waals surface area (Å²) in [7, 11) is 3.43. The van der Waals surface area contributed by atoms with E-state index in [0.717, 1.165) is 55.1 Å². The first-order valence-corrected chi connectivity index (χ1v) is 8.64. The number of nitrogens with two attached hydrogens (primary N) is 1. The van der Waals surface area contributed by atoms with Crippen molar-refractivity contribution in [2.24, 2.45) is 0 Å². The monoisotopic (exact) mass is 342 g/mol. The van der Waals surface area contributed by atoms with Gasteiger partial charge in [0, 0.05) is 38.2 Å². The van der Waals surface area contributed by atoms with Crippen molar-refractivity contribution in [3.8, 4) is 0 Å². The SMILES string of the molecule is CN(C)C(=O)c1noc2c1CN(c1nc(N)nc3c1CCCC3)CC2. The number of nitrogens with zero attached hydrogens (tertiary/aromatic N) is 5. The van der Waals surface area contributed by atoms with E-state index < -0.39 is 0 Å². The number of hydrogen-bond acceptors (Lipinski definition) is 7. The van der Waals surface area contributed by atoms with Gasteiger partial charge < -0.3 is 20.1 Å². The smallest absolute Gasteiger partial charge is 0.275 e. The molecule has 1 aliphatic carbocycles. The van der Waals surface area contributed by atoms with Crippen LogP contribution in [0.3, 0.4) is 0 Å². The average molecular weight is 342 g/mol. The van der Waals surface area contributed by atoms with Gasteiger partial charge >= 0.3 is 0 Å². The summed E-state index contributed by atoms with van der Waals surface area (Å²) in [5, 5.41) is 4.00. The number of aryl methyl sites for hydroxylation is 1. The minimum atomic E-state index is -0.143. The molecule has 25 heavy (non-hydrogen) atoms. The molecule has 3 heterocycles. The van der Waals surface area contributed by atoms with E-state index >= 15 is 0 Å². The lowest BCUT2D eigenvalue weighted by atomic mass is 9.95. The zero-order valence-corrected chi connectivity index (χ0v) is 14.6. The number of carbonyl (C=O) groups excluding carboxylic acids is 1. The molecule has 0 unspecified atom stereocenters. The van der Waals surface area contributed by atoms with Gasteiger partial charge in [-0.15, -0.1) is 0 Å². The van der Waals surface area contributed by atoms with Crippen molar-refractivity contribution in [1.82, 2.24) is 20.0 Å². The van der Waals surface area contributed by atoms with E-state index in [9.17, 15) is 4.79 Å². The maximum absolute atomic E-state index is 12.3. The minimum Gasteiger partial charge on any atom is -0.368 e. The van der Waals surface area contributed by atoms with Gasteiger partial charge in [0.05, 0.1) is 12.2 Å². The number of hydrogen-bond donors (Lipinski definition) is 1. The highest BCUT2D eigenvalue weighted by Gasteiger charge is 2.31.